The van der Waals surface area contributed by atoms with Crippen molar-refractivity contribution < 1.29 is 29.2 Å². The number of ether oxygens (including phenoxy) is 4. The second kappa shape index (κ2) is 17.7. The maximum Gasteiger partial charge on any atom is 0.0781 e. The molecule has 0 fully saturated rings. The van der Waals surface area contributed by atoms with Gasteiger partial charge in [0, 0.05) is 24.5 Å². The zero-order valence-electron chi connectivity index (χ0n) is 26.7. The molecule has 0 spiro atoms. The predicted molar refractivity (Wildman–Crippen MR) is 168 cm³/mol. The van der Waals surface area contributed by atoms with Crippen LogP contribution in [0.5, 0.6) is 0 Å². The van der Waals surface area contributed by atoms with Gasteiger partial charge in [-0.25, -0.2) is 0 Å². The van der Waals surface area contributed by atoms with Gasteiger partial charge in [-0.3, -0.25) is 0 Å². The highest BCUT2D eigenvalue weighted by molar-refractivity contribution is 5.75. The van der Waals surface area contributed by atoms with Gasteiger partial charge in [-0.2, -0.15) is 0 Å². The van der Waals surface area contributed by atoms with Gasteiger partial charge >= 0.3 is 0 Å². The van der Waals surface area contributed by atoms with Gasteiger partial charge in [-0.05, 0) is 120 Å². The fraction of sp³-hybridized carbons (Fsp3) is 0.636. The lowest BCUT2D eigenvalue weighted by Gasteiger charge is -2.21. The van der Waals surface area contributed by atoms with Gasteiger partial charge in [0.25, 0.3) is 0 Å². The van der Waals surface area contributed by atoms with Crippen molar-refractivity contribution in [2.75, 3.05) is 56.8 Å². The summed E-state index contributed by atoms with van der Waals surface area (Å²) in [7, 11) is 0. The molecule has 0 radical (unpaired) electrons. The highest BCUT2D eigenvalue weighted by atomic mass is 16.5. The number of nitrogens with one attached hydrogen (secondary N) is 2. The van der Waals surface area contributed by atoms with E-state index in [1.807, 2.05) is 13.8 Å². The molecular weight excluding hydrogens is 520 g/mol. The van der Waals surface area contributed by atoms with Crippen molar-refractivity contribution in [3.8, 4) is 11.1 Å². The molecule has 0 heterocycles. The molecule has 5 atom stereocenters. The van der Waals surface area contributed by atoms with Crippen LogP contribution in [0.1, 0.15) is 56.9 Å². The average molecular weight is 575 g/mol. The van der Waals surface area contributed by atoms with Gasteiger partial charge in [-0.1, -0.05) is 0 Å². The number of aliphatic hydroxyl groups excluding tert-OH is 2. The molecule has 0 aliphatic heterocycles. The Bertz CT molecular complexity index is 1010. The van der Waals surface area contributed by atoms with Crippen molar-refractivity contribution in [1.29, 1.82) is 0 Å². The first kappa shape index (κ1) is 35.0. The highest BCUT2D eigenvalue weighted by Crippen LogP contribution is 2.32. The first-order valence-corrected chi connectivity index (χ1v) is 14.9. The molecule has 8 heteroatoms. The summed E-state index contributed by atoms with van der Waals surface area (Å²) in [6.45, 7) is 21.5. The summed E-state index contributed by atoms with van der Waals surface area (Å²) in [5, 5.41) is 25.8. The topological polar surface area (TPSA) is 101 Å². The molecule has 41 heavy (non-hydrogen) atoms. The lowest BCUT2D eigenvalue weighted by Crippen LogP contribution is -2.27. The minimum atomic E-state index is -0.471. The fourth-order valence-corrected chi connectivity index (χ4v) is 4.64. The van der Waals surface area contributed by atoms with Gasteiger partial charge in [0.15, 0.2) is 0 Å². The van der Waals surface area contributed by atoms with Gasteiger partial charge in [0.05, 0.1) is 63.6 Å². The Morgan fingerprint density at radius 1 is 0.561 bits per heavy atom. The van der Waals surface area contributed by atoms with Crippen molar-refractivity contribution in [1.82, 2.24) is 0 Å². The number of hydrogen-bond acceptors (Lipinski definition) is 8. The van der Waals surface area contributed by atoms with E-state index >= 15 is 0 Å². The summed E-state index contributed by atoms with van der Waals surface area (Å²) >= 11 is 0. The smallest absolute Gasteiger partial charge is 0.0781 e. The third kappa shape index (κ3) is 12.7. The number of benzene rings is 2. The predicted octanol–water partition coefficient (Wildman–Crippen LogP) is 5.40. The molecule has 0 bridgehead atoms. The largest absolute Gasteiger partial charge is 0.391 e. The minimum Gasteiger partial charge on any atom is -0.391 e. The summed E-state index contributed by atoms with van der Waals surface area (Å²) in [5.41, 5.74) is 9.46. The van der Waals surface area contributed by atoms with Crippen LogP contribution in [0.2, 0.25) is 0 Å². The second-order valence-corrected chi connectivity index (χ2v) is 11.5. The standard InChI is InChI=1S/C33H54N2O6/c1-21-12-30(13-22(2)32(21)34-16-27(7)39-11-10-38-18-25(5)36)31-14-23(3)33(24(4)15-31)35-17-28(8)41-20-29(9)40-19-26(6)37/h12-15,25-29,34-37H,10-11,16-20H2,1-9H3. The average Bonchev–Trinajstić information content (AvgIpc) is 2.89. The van der Waals surface area contributed by atoms with Crippen LogP contribution in [-0.2, 0) is 18.9 Å². The van der Waals surface area contributed by atoms with Gasteiger partial charge in [0.2, 0.25) is 0 Å². The highest BCUT2D eigenvalue weighted by Gasteiger charge is 2.13. The van der Waals surface area contributed by atoms with Crippen LogP contribution in [0.15, 0.2) is 24.3 Å². The van der Waals surface area contributed by atoms with Crippen LogP contribution in [-0.4, -0.2) is 86.9 Å². The van der Waals surface area contributed by atoms with Crippen LogP contribution in [0.25, 0.3) is 11.1 Å². The van der Waals surface area contributed by atoms with E-state index in [0.717, 1.165) is 11.4 Å². The summed E-state index contributed by atoms with van der Waals surface area (Å²) in [4.78, 5) is 0. The maximum atomic E-state index is 9.37. The first-order chi connectivity index (χ1) is 19.4. The molecule has 232 valence electrons. The molecule has 0 aromatic heterocycles. The van der Waals surface area contributed by atoms with E-state index in [1.54, 1.807) is 13.8 Å². The zero-order valence-corrected chi connectivity index (χ0v) is 26.7. The number of aryl methyl sites for hydroxylation is 4. The van der Waals surface area contributed by atoms with Crippen LogP contribution in [0.3, 0.4) is 0 Å². The fourth-order valence-electron chi connectivity index (χ4n) is 4.64. The molecule has 2 aromatic carbocycles. The molecule has 5 unspecified atom stereocenters. The molecule has 0 saturated carbocycles. The lowest BCUT2D eigenvalue weighted by molar-refractivity contribution is -0.0502. The van der Waals surface area contributed by atoms with E-state index in [-0.39, 0.29) is 18.3 Å². The molecular formula is C33H54N2O6. The molecule has 2 rings (SSSR count). The summed E-state index contributed by atoms with van der Waals surface area (Å²) in [5.74, 6) is 0. The Balaban J connectivity index is 1.94. The van der Waals surface area contributed by atoms with Crippen molar-refractivity contribution in [3.63, 3.8) is 0 Å². The Morgan fingerprint density at radius 3 is 1.41 bits per heavy atom. The van der Waals surface area contributed by atoms with Crippen molar-refractivity contribution in [2.24, 2.45) is 0 Å². The van der Waals surface area contributed by atoms with E-state index in [4.69, 9.17) is 18.9 Å². The zero-order chi connectivity index (χ0) is 30.5. The third-order valence-electron chi connectivity index (χ3n) is 6.76. The summed E-state index contributed by atoms with van der Waals surface area (Å²) < 4.78 is 22.7. The van der Waals surface area contributed by atoms with Gasteiger partial charge in [0.1, 0.15) is 0 Å². The van der Waals surface area contributed by atoms with Gasteiger partial charge in [-0.15, -0.1) is 0 Å². The molecule has 4 N–H and O–H groups in total. The van der Waals surface area contributed by atoms with E-state index in [2.05, 4.69) is 69.5 Å². The molecule has 0 saturated heterocycles. The molecule has 8 nitrogen and oxygen atoms in total. The second-order valence-electron chi connectivity index (χ2n) is 11.5. The SMILES string of the molecule is Cc1cc(-c2cc(C)c(NCC(C)OCC(C)OCC(C)O)c(C)c2)cc(C)c1NCC(C)OCCOCC(C)O. The molecule has 0 aliphatic carbocycles. The lowest BCUT2D eigenvalue weighted by atomic mass is 9.95. The molecule has 2 aromatic rings. The minimum absolute atomic E-state index is 0.0213. The van der Waals surface area contributed by atoms with Gasteiger partial charge < -0.3 is 39.8 Å². The number of hydrogen-bond donors (Lipinski definition) is 4. The normalized spacial score (nSPS) is 15.3. The van der Waals surface area contributed by atoms with Crippen molar-refractivity contribution in [3.05, 3.63) is 46.5 Å². The van der Waals surface area contributed by atoms with Crippen LogP contribution >= 0.6 is 0 Å². The molecule has 0 aliphatic rings. The van der Waals surface area contributed by atoms with Crippen LogP contribution in [0, 0.1) is 27.7 Å². The van der Waals surface area contributed by atoms with E-state index in [0.29, 0.717) is 46.1 Å². The maximum absolute atomic E-state index is 9.37. The monoisotopic (exact) mass is 574 g/mol. The number of aliphatic hydroxyl groups is 2. The van der Waals surface area contributed by atoms with E-state index in [9.17, 15) is 10.2 Å². The summed E-state index contributed by atoms with van der Waals surface area (Å²) in [6, 6.07) is 8.96. The van der Waals surface area contributed by atoms with Crippen LogP contribution in [0.4, 0.5) is 11.4 Å². The van der Waals surface area contributed by atoms with Crippen molar-refractivity contribution >= 4 is 11.4 Å². The quantitative estimate of drug-likeness (QED) is 0.165. The summed E-state index contributed by atoms with van der Waals surface area (Å²) in [6.07, 6.45) is -0.933. The Morgan fingerprint density at radius 2 is 0.976 bits per heavy atom. The Hall–Kier alpha value is -2.20. The number of rotatable bonds is 19. The van der Waals surface area contributed by atoms with Crippen molar-refractivity contribution in [2.45, 2.75) is 92.8 Å². The first-order valence-electron chi connectivity index (χ1n) is 14.9. The van der Waals surface area contributed by atoms with E-state index in [1.165, 1.54) is 33.4 Å². The van der Waals surface area contributed by atoms with E-state index < -0.39 is 12.2 Å². The van der Waals surface area contributed by atoms with Crippen LogP contribution < -0.4 is 10.6 Å². The number of anilines is 2. The molecule has 0 amide bonds. The third-order valence-corrected chi connectivity index (χ3v) is 6.76. The Labute approximate surface area is 247 Å². The Kier molecular flexibility index (Phi) is 15.1.